The summed E-state index contributed by atoms with van der Waals surface area (Å²) >= 11 is 0. The molecular weight excluding hydrogens is 404 g/mol. The van der Waals surface area contributed by atoms with Crippen LogP contribution in [0.15, 0.2) is 78.9 Å². The van der Waals surface area contributed by atoms with E-state index in [1.165, 1.54) is 0 Å². The molecule has 3 rings (SSSR count). The Morgan fingerprint density at radius 1 is 0.844 bits per heavy atom. The minimum atomic E-state index is -0.0912. The molecule has 0 saturated carbocycles. The molecule has 6 heteroatoms. The van der Waals surface area contributed by atoms with Crippen molar-refractivity contribution in [1.29, 1.82) is 0 Å². The zero-order chi connectivity index (χ0) is 22.8. The third-order valence-corrected chi connectivity index (χ3v) is 5.01. The Balaban J connectivity index is 1.79. The lowest BCUT2D eigenvalue weighted by atomic mass is 10.1. The van der Waals surface area contributed by atoms with Crippen LogP contribution in [0.3, 0.4) is 0 Å². The molecule has 0 aromatic heterocycles. The first-order valence-corrected chi connectivity index (χ1v) is 10.4. The number of benzene rings is 3. The zero-order valence-corrected chi connectivity index (χ0v) is 18.4. The molecule has 0 unspecified atom stereocenters. The Morgan fingerprint density at radius 3 is 2.12 bits per heavy atom. The molecular formula is C26H28N2O4. The lowest BCUT2D eigenvalue weighted by Gasteiger charge is -2.23. The van der Waals surface area contributed by atoms with Gasteiger partial charge in [-0.3, -0.25) is 9.59 Å². The first kappa shape index (κ1) is 23.0. The number of nitrogens with one attached hydrogen (secondary N) is 1. The van der Waals surface area contributed by atoms with Crippen molar-refractivity contribution in [3.05, 3.63) is 95.6 Å². The fraction of sp³-hybridized carbons (Fsp3) is 0.231. The number of carbonyl (C=O) groups excluding carboxylic acids is 2. The van der Waals surface area contributed by atoms with Gasteiger partial charge in [0.05, 0.1) is 26.7 Å². The summed E-state index contributed by atoms with van der Waals surface area (Å²) in [6.45, 7) is 1.37. The summed E-state index contributed by atoms with van der Waals surface area (Å²) in [6, 6.07) is 24.4. The van der Waals surface area contributed by atoms with Crippen LogP contribution in [0.25, 0.3) is 0 Å². The Bertz CT molecular complexity index is 1000. The Labute approximate surface area is 188 Å². The van der Waals surface area contributed by atoms with E-state index in [4.69, 9.17) is 9.47 Å². The minimum Gasteiger partial charge on any atom is -0.497 e. The number of hydrogen-bond acceptors (Lipinski definition) is 4. The molecule has 0 bridgehead atoms. The summed E-state index contributed by atoms with van der Waals surface area (Å²) in [4.78, 5) is 27.1. The van der Waals surface area contributed by atoms with Gasteiger partial charge in [-0.05, 0) is 47.5 Å². The third kappa shape index (κ3) is 6.43. The van der Waals surface area contributed by atoms with Gasteiger partial charge in [-0.15, -0.1) is 0 Å². The summed E-state index contributed by atoms with van der Waals surface area (Å²) < 4.78 is 10.2. The monoisotopic (exact) mass is 432 g/mol. The number of anilines is 1. The number of rotatable bonds is 10. The summed E-state index contributed by atoms with van der Waals surface area (Å²) in [5.41, 5.74) is 3.23. The van der Waals surface area contributed by atoms with Gasteiger partial charge in [-0.2, -0.15) is 0 Å². The van der Waals surface area contributed by atoms with Crippen molar-refractivity contribution >= 4 is 17.5 Å². The van der Waals surface area contributed by atoms with Crippen LogP contribution in [0.4, 0.5) is 5.69 Å². The second-order valence-electron chi connectivity index (χ2n) is 7.29. The molecule has 0 spiro atoms. The number of amides is 2. The largest absolute Gasteiger partial charge is 0.497 e. The highest BCUT2D eigenvalue weighted by atomic mass is 16.5. The zero-order valence-electron chi connectivity index (χ0n) is 18.4. The van der Waals surface area contributed by atoms with Crippen molar-refractivity contribution in [1.82, 2.24) is 5.32 Å². The van der Waals surface area contributed by atoms with E-state index >= 15 is 0 Å². The van der Waals surface area contributed by atoms with Crippen molar-refractivity contribution in [2.24, 2.45) is 0 Å². The summed E-state index contributed by atoms with van der Waals surface area (Å²) in [5.74, 6) is 0.611. The van der Waals surface area contributed by atoms with E-state index in [1.807, 2.05) is 78.9 Å². The molecule has 2 amide bonds. The van der Waals surface area contributed by atoms with Crippen LogP contribution in [-0.2, 0) is 22.5 Å². The highest BCUT2D eigenvalue weighted by molar-refractivity contribution is 6.06. The van der Waals surface area contributed by atoms with E-state index in [1.54, 1.807) is 19.1 Å². The molecule has 1 N–H and O–H groups in total. The smallest absolute Gasteiger partial charge is 0.258 e. The summed E-state index contributed by atoms with van der Waals surface area (Å²) in [5, 5.41) is 2.81. The maximum Gasteiger partial charge on any atom is 0.258 e. The Kier molecular flexibility index (Phi) is 8.40. The average molecular weight is 433 g/mol. The Hall–Kier alpha value is -3.64. The third-order valence-electron chi connectivity index (χ3n) is 5.01. The maximum atomic E-state index is 13.3. The van der Waals surface area contributed by atoms with Crippen molar-refractivity contribution in [3.8, 4) is 5.75 Å². The number of carbonyl (C=O) groups is 2. The molecule has 0 aliphatic carbocycles. The Morgan fingerprint density at radius 2 is 1.50 bits per heavy atom. The molecule has 0 heterocycles. The number of ether oxygens (including phenoxy) is 2. The van der Waals surface area contributed by atoms with Crippen LogP contribution in [0.1, 0.15) is 21.5 Å². The molecule has 0 saturated heterocycles. The van der Waals surface area contributed by atoms with Crippen molar-refractivity contribution in [2.75, 3.05) is 32.3 Å². The SMILES string of the molecule is COCCNC(=O)Cc1ccc(N(Cc2ccc(OC)cc2)C(=O)c2ccccc2)cc1. The van der Waals surface area contributed by atoms with Crippen LogP contribution in [-0.4, -0.2) is 39.2 Å². The topological polar surface area (TPSA) is 67.9 Å². The number of nitrogens with zero attached hydrogens (tertiary/aromatic N) is 1. The van der Waals surface area contributed by atoms with Crippen LogP contribution >= 0.6 is 0 Å². The van der Waals surface area contributed by atoms with E-state index in [2.05, 4.69) is 5.32 Å². The normalized spacial score (nSPS) is 10.4. The van der Waals surface area contributed by atoms with E-state index < -0.39 is 0 Å². The summed E-state index contributed by atoms with van der Waals surface area (Å²) in [7, 11) is 3.22. The van der Waals surface area contributed by atoms with Gasteiger partial charge in [-0.1, -0.05) is 42.5 Å². The van der Waals surface area contributed by atoms with Crippen molar-refractivity contribution in [3.63, 3.8) is 0 Å². The van der Waals surface area contributed by atoms with Gasteiger partial charge >= 0.3 is 0 Å². The molecule has 32 heavy (non-hydrogen) atoms. The van der Waals surface area contributed by atoms with Gasteiger partial charge < -0.3 is 19.7 Å². The predicted octanol–water partition coefficient (Wildman–Crippen LogP) is 3.85. The average Bonchev–Trinajstić information content (AvgIpc) is 2.84. The molecule has 6 nitrogen and oxygen atoms in total. The highest BCUT2D eigenvalue weighted by Gasteiger charge is 2.18. The van der Waals surface area contributed by atoms with Crippen LogP contribution in [0.5, 0.6) is 5.75 Å². The molecule has 166 valence electrons. The van der Waals surface area contributed by atoms with Crippen molar-refractivity contribution in [2.45, 2.75) is 13.0 Å². The molecule has 3 aromatic carbocycles. The van der Waals surface area contributed by atoms with Gasteiger partial charge in [0.15, 0.2) is 0 Å². The molecule has 0 atom stereocenters. The van der Waals surface area contributed by atoms with Crippen LogP contribution in [0.2, 0.25) is 0 Å². The van der Waals surface area contributed by atoms with E-state index in [0.29, 0.717) is 25.3 Å². The van der Waals surface area contributed by atoms with E-state index in [9.17, 15) is 9.59 Å². The van der Waals surface area contributed by atoms with Gasteiger partial charge in [0.2, 0.25) is 5.91 Å². The maximum absolute atomic E-state index is 13.3. The minimum absolute atomic E-state index is 0.0646. The first-order chi connectivity index (χ1) is 15.6. The van der Waals surface area contributed by atoms with E-state index in [-0.39, 0.29) is 18.2 Å². The first-order valence-electron chi connectivity index (χ1n) is 10.4. The van der Waals surface area contributed by atoms with Gasteiger partial charge in [-0.25, -0.2) is 0 Å². The fourth-order valence-electron chi connectivity index (χ4n) is 3.26. The standard InChI is InChI=1S/C26H28N2O4/c1-31-17-16-27-25(29)18-20-8-12-23(13-9-20)28(26(30)22-6-4-3-5-7-22)19-21-10-14-24(32-2)15-11-21/h3-15H,16-19H2,1-2H3,(H,27,29). The van der Waals surface area contributed by atoms with E-state index in [0.717, 1.165) is 22.6 Å². The quantitative estimate of drug-likeness (QED) is 0.494. The van der Waals surface area contributed by atoms with Crippen molar-refractivity contribution < 1.29 is 19.1 Å². The lowest BCUT2D eigenvalue weighted by Crippen LogP contribution is -2.30. The highest BCUT2D eigenvalue weighted by Crippen LogP contribution is 2.22. The van der Waals surface area contributed by atoms with Gasteiger partial charge in [0.1, 0.15) is 5.75 Å². The molecule has 0 fully saturated rings. The summed E-state index contributed by atoms with van der Waals surface area (Å²) in [6.07, 6.45) is 0.273. The number of hydrogen-bond donors (Lipinski definition) is 1. The second kappa shape index (κ2) is 11.7. The van der Waals surface area contributed by atoms with Crippen LogP contribution in [0, 0.1) is 0 Å². The molecule has 3 aromatic rings. The second-order valence-corrected chi connectivity index (χ2v) is 7.29. The van der Waals surface area contributed by atoms with Gasteiger partial charge in [0.25, 0.3) is 5.91 Å². The predicted molar refractivity (Wildman–Crippen MR) is 125 cm³/mol. The molecule has 0 aliphatic heterocycles. The molecule has 0 aliphatic rings. The van der Waals surface area contributed by atoms with Gasteiger partial charge in [0, 0.05) is 24.9 Å². The number of methoxy groups -OCH3 is 2. The fourth-order valence-corrected chi connectivity index (χ4v) is 3.26. The van der Waals surface area contributed by atoms with Crippen LogP contribution < -0.4 is 15.0 Å². The molecule has 0 radical (unpaired) electrons. The lowest BCUT2D eigenvalue weighted by molar-refractivity contribution is -0.120.